The summed E-state index contributed by atoms with van der Waals surface area (Å²) in [5.41, 5.74) is -0.621. The number of sulfonamides is 1. The highest BCUT2D eigenvalue weighted by atomic mass is 32.2. The van der Waals surface area contributed by atoms with Crippen LogP contribution in [0.15, 0.2) is 29.2 Å². The van der Waals surface area contributed by atoms with Crippen molar-refractivity contribution < 1.29 is 16.8 Å². The molecule has 1 atom stereocenters. The molecule has 1 aromatic carbocycles. The average molecular weight is 314 g/mol. The number of nitrogens with zero attached hydrogens (tertiary/aromatic N) is 1. The molecule has 0 saturated carbocycles. The molecule has 1 saturated heterocycles. The molecule has 1 heterocycles. The molecule has 0 aliphatic carbocycles. The van der Waals surface area contributed by atoms with Crippen molar-refractivity contribution in [1.82, 2.24) is 4.72 Å². The molecular weight excluding hydrogens is 300 g/mol. The summed E-state index contributed by atoms with van der Waals surface area (Å²) in [5.74, 6) is -0.213. The van der Waals surface area contributed by atoms with Gasteiger partial charge in [-0.25, -0.2) is 21.6 Å². The Labute approximate surface area is 118 Å². The quantitative estimate of drug-likeness (QED) is 0.870. The van der Waals surface area contributed by atoms with Gasteiger partial charge in [-0.3, -0.25) is 0 Å². The van der Waals surface area contributed by atoms with E-state index in [1.807, 2.05) is 6.07 Å². The van der Waals surface area contributed by atoms with Gasteiger partial charge in [-0.05, 0) is 37.6 Å². The van der Waals surface area contributed by atoms with Crippen LogP contribution in [-0.4, -0.2) is 33.9 Å². The van der Waals surface area contributed by atoms with E-state index >= 15 is 0 Å². The van der Waals surface area contributed by atoms with Gasteiger partial charge < -0.3 is 0 Å². The fourth-order valence-electron chi connectivity index (χ4n) is 2.18. The van der Waals surface area contributed by atoms with Crippen LogP contribution in [0.2, 0.25) is 0 Å². The van der Waals surface area contributed by atoms with Gasteiger partial charge in [-0.2, -0.15) is 5.26 Å². The van der Waals surface area contributed by atoms with Gasteiger partial charge in [0, 0.05) is 5.54 Å². The number of hydrogen-bond acceptors (Lipinski definition) is 5. The summed E-state index contributed by atoms with van der Waals surface area (Å²) < 4.78 is 49.8. The van der Waals surface area contributed by atoms with Gasteiger partial charge in [-0.1, -0.05) is 0 Å². The highest BCUT2D eigenvalue weighted by Crippen LogP contribution is 2.25. The molecule has 0 amide bonds. The smallest absolute Gasteiger partial charge is 0.229 e. The molecule has 6 nitrogen and oxygen atoms in total. The van der Waals surface area contributed by atoms with E-state index in [4.69, 9.17) is 5.26 Å². The second kappa shape index (κ2) is 4.84. The van der Waals surface area contributed by atoms with Crippen molar-refractivity contribution in [2.24, 2.45) is 0 Å². The van der Waals surface area contributed by atoms with Gasteiger partial charge >= 0.3 is 0 Å². The van der Waals surface area contributed by atoms with Gasteiger partial charge in [0.15, 0.2) is 9.84 Å². The maximum absolute atomic E-state index is 12.2. The second-order valence-corrected chi connectivity index (χ2v) is 9.01. The van der Waals surface area contributed by atoms with Crippen molar-refractivity contribution >= 4 is 19.9 Å². The summed E-state index contributed by atoms with van der Waals surface area (Å²) in [6, 6.07) is 7.37. The van der Waals surface area contributed by atoms with Crippen LogP contribution in [0.25, 0.3) is 0 Å². The van der Waals surface area contributed by atoms with Crippen molar-refractivity contribution in [3.63, 3.8) is 0 Å². The van der Waals surface area contributed by atoms with E-state index in [1.165, 1.54) is 24.3 Å². The zero-order valence-electron chi connectivity index (χ0n) is 10.8. The first-order chi connectivity index (χ1) is 9.16. The molecule has 0 unspecified atom stereocenters. The van der Waals surface area contributed by atoms with E-state index in [-0.39, 0.29) is 22.8 Å². The van der Waals surface area contributed by atoms with Gasteiger partial charge in [0.1, 0.15) is 0 Å². The van der Waals surface area contributed by atoms with Gasteiger partial charge in [0.2, 0.25) is 10.0 Å². The Balaban J connectivity index is 2.26. The molecule has 2 rings (SSSR count). The predicted molar refractivity (Wildman–Crippen MR) is 73.2 cm³/mol. The molecule has 0 radical (unpaired) electrons. The number of rotatable bonds is 3. The number of nitrogens with one attached hydrogen (secondary N) is 1. The summed E-state index contributed by atoms with van der Waals surface area (Å²) in [6.07, 6.45) is 0.255. The van der Waals surface area contributed by atoms with Crippen LogP contribution in [0.1, 0.15) is 18.9 Å². The Morgan fingerprint density at radius 1 is 1.30 bits per heavy atom. The Bertz CT molecular complexity index is 761. The van der Waals surface area contributed by atoms with E-state index in [2.05, 4.69) is 4.72 Å². The SMILES string of the molecule is C[C@]1(NS(=O)(=O)c2ccc(C#N)cc2)CCS(=O)(=O)C1. The number of sulfone groups is 1. The molecule has 108 valence electrons. The topological polar surface area (TPSA) is 104 Å². The lowest BCUT2D eigenvalue weighted by molar-refractivity contribution is 0.462. The first kappa shape index (κ1) is 15.0. The lowest BCUT2D eigenvalue weighted by Gasteiger charge is -2.23. The van der Waals surface area contributed by atoms with Crippen LogP contribution in [0.5, 0.6) is 0 Å². The average Bonchev–Trinajstić information content (AvgIpc) is 2.62. The minimum absolute atomic E-state index is 0.0145. The molecule has 0 aromatic heterocycles. The Morgan fingerprint density at radius 2 is 1.90 bits per heavy atom. The third-order valence-corrected chi connectivity index (χ3v) is 6.74. The number of hydrogen-bond donors (Lipinski definition) is 1. The molecular formula is C12H14N2O4S2. The molecule has 20 heavy (non-hydrogen) atoms. The summed E-state index contributed by atoms with van der Waals surface area (Å²) in [6.45, 7) is 1.58. The minimum Gasteiger partial charge on any atom is -0.229 e. The van der Waals surface area contributed by atoms with Crippen molar-refractivity contribution in [1.29, 1.82) is 5.26 Å². The summed E-state index contributed by atoms with van der Waals surface area (Å²) in [7, 11) is -6.99. The van der Waals surface area contributed by atoms with Crippen LogP contribution in [0, 0.1) is 11.3 Å². The molecule has 1 aromatic rings. The van der Waals surface area contributed by atoms with Crippen LogP contribution < -0.4 is 4.72 Å². The third kappa shape index (κ3) is 3.17. The largest absolute Gasteiger partial charge is 0.241 e. The zero-order chi connectivity index (χ0) is 15.0. The molecule has 0 spiro atoms. The fourth-order valence-corrected chi connectivity index (χ4v) is 5.80. The van der Waals surface area contributed by atoms with Crippen LogP contribution >= 0.6 is 0 Å². The Hall–Kier alpha value is -1.43. The summed E-state index contributed by atoms with van der Waals surface area (Å²) in [4.78, 5) is 0.0158. The Morgan fingerprint density at radius 3 is 2.35 bits per heavy atom. The number of benzene rings is 1. The number of nitriles is 1. The van der Waals surface area contributed by atoms with Crippen molar-refractivity contribution in [3.05, 3.63) is 29.8 Å². The highest BCUT2D eigenvalue weighted by molar-refractivity contribution is 7.92. The molecule has 0 bridgehead atoms. The van der Waals surface area contributed by atoms with Crippen molar-refractivity contribution in [3.8, 4) is 6.07 Å². The van der Waals surface area contributed by atoms with E-state index in [9.17, 15) is 16.8 Å². The maximum Gasteiger partial charge on any atom is 0.241 e. The highest BCUT2D eigenvalue weighted by Gasteiger charge is 2.41. The fraction of sp³-hybridized carbons (Fsp3) is 0.417. The van der Waals surface area contributed by atoms with Crippen LogP contribution in [0.4, 0.5) is 0 Å². The molecule has 8 heteroatoms. The molecule has 1 N–H and O–H groups in total. The third-order valence-electron chi connectivity index (χ3n) is 3.18. The predicted octanol–water partition coefficient (Wildman–Crippen LogP) is 0.414. The second-order valence-electron chi connectivity index (χ2n) is 5.14. The van der Waals surface area contributed by atoms with Gasteiger partial charge in [0.25, 0.3) is 0 Å². The maximum atomic E-state index is 12.2. The van der Waals surface area contributed by atoms with Crippen LogP contribution in [-0.2, 0) is 19.9 Å². The summed E-state index contributed by atoms with van der Waals surface area (Å²) in [5, 5.41) is 8.68. The van der Waals surface area contributed by atoms with Crippen LogP contribution in [0.3, 0.4) is 0 Å². The first-order valence-corrected chi connectivity index (χ1v) is 9.21. The van der Waals surface area contributed by atoms with Gasteiger partial charge in [-0.15, -0.1) is 0 Å². The monoisotopic (exact) mass is 314 g/mol. The normalized spacial score (nSPS) is 25.2. The van der Waals surface area contributed by atoms with E-state index in [0.717, 1.165) is 0 Å². The molecule has 1 aliphatic heterocycles. The minimum atomic E-state index is -3.80. The van der Waals surface area contributed by atoms with E-state index in [1.54, 1.807) is 6.92 Å². The lowest BCUT2D eigenvalue weighted by atomic mass is 10.0. The molecule has 1 fully saturated rings. The first-order valence-electron chi connectivity index (χ1n) is 5.90. The molecule has 1 aliphatic rings. The standard InChI is InChI=1S/C12H14N2O4S2/c1-12(6-7-19(15,16)9-12)14-20(17,18)11-4-2-10(8-13)3-5-11/h2-5,14H,6-7,9H2,1H3/t12-/m0/s1. The summed E-state index contributed by atoms with van der Waals surface area (Å²) >= 11 is 0. The Kier molecular flexibility index (Phi) is 3.62. The van der Waals surface area contributed by atoms with Gasteiger partial charge in [0.05, 0.1) is 28.0 Å². The van der Waals surface area contributed by atoms with Crippen molar-refractivity contribution in [2.75, 3.05) is 11.5 Å². The van der Waals surface area contributed by atoms with E-state index in [0.29, 0.717) is 5.56 Å². The zero-order valence-corrected chi connectivity index (χ0v) is 12.5. The van der Waals surface area contributed by atoms with E-state index < -0.39 is 25.4 Å². The van der Waals surface area contributed by atoms with Crippen molar-refractivity contribution in [2.45, 2.75) is 23.8 Å². The lowest BCUT2D eigenvalue weighted by Crippen LogP contribution is -2.46.